The SMILES string of the molecule is O=C(O)CNC(=O)C1C(=O)CCN(Cc2ccc(C(F)(F)F)c(C(F)(F)F)c2)C1=O. The second-order valence-electron chi connectivity index (χ2n) is 6.40. The highest BCUT2D eigenvalue weighted by atomic mass is 19.4. The molecule has 1 saturated heterocycles. The fourth-order valence-electron chi connectivity index (χ4n) is 2.89. The summed E-state index contributed by atoms with van der Waals surface area (Å²) in [5.74, 6) is -6.37. The van der Waals surface area contributed by atoms with Crippen molar-refractivity contribution in [3.63, 3.8) is 0 Å². The summed E-state index contributed by atoms with van der Waals surface area (Å²) in [5, 5.41) is 10.4. The first kappa shape index (κ1) is 23.2. The van der Waals surface area contributed by atoms with Crippen LogP contribution in [0.5, 0.6) is 0 Å². The van der Waals surface area contributed by atoms with E-state index < -0.39 is 66.1 Å². The zero-order valence-electron chi connectivity index (χ0n) is 14.9. The highest BCUT2D eigenvalue weighted by Crippen LogP contribution is 2.40. The number of rotatable bonds is 5. The molecule has 1 atom stereocenters. The predicted molar refractivity (Wildman–Crippen MR) is 85.6 cm³/mol. The minimum absolute atomic E-state index is 0.245. The maximum absolute atomic E-state index is 13.1. The van der Waals surface area contributed by atoms with E-state index in [0.717, 1.165) is 11.0 Å². The van der Waals surface area contributed by atoms with Crippen molar-refractivity contribution < 1.29 is 50.6 Å². The lowest BCUT2D eigenvalue weighted by molar-refractivity contribution is -0.162. The fraction of sp³-hybridized carbons (Fsp3) is 0.412. The molecule has 164 valence electrons. The number of likely N-dealkylation sites (tertiary alicyclic amines) is 1. The van der Waals surface area contributed by atoms with Crippen LogP contribution in [-0.2, 0) is 38.1 Å². The minimum Gasteiger partial charge on any atom is -0.480 e. The summed E-state index contributed by atoms with van der Waals surface area (Å²) in [6.07, 6.45) is -10.9. The van der Waals surface area contributed by atoms with Gasteiger partial charge in [0.2, 0.25) is 11.8 Å². The molecule has 1 unspecified atom stereocenters. The Balaban J connectivity index is 2.27. The normalized spacial score (nSPS) is 17.8. The second-order valence-corrected chi connectivity index (χ2v) is 6.40. The molecule has 2 amide bonds. The Morgan fingerprint density at radius 3 is 2.20 bits per heavy atom. The number of halogens is 6. The summed E-state index contributed by atoms with van der Waals surface area (Å²) in [6, 6.07) is 1.27. The van der Waals surface area contributed by atoms with Gasteiger partial charge in [-0.25, -0.2) is 0 Å². The highest BCUT2D eigenvalue weighted by molar-refractivity contribution is 6.19. The molecule has 1 aliphatic rings. The number of amides is 2. The smallest absolute Gasteiger partial charge is 0.417 e. The van der Waals surface area contributed by atoms with Crippen LogP contribution >= 0.6 is 0 Å². The van der Waals surface area contributed by atoms with E-state index in [-0.39, 0.29) is 30.7 Å². The van der Waals surface area contributed by atoms with E-state index in [1.807, 2.05) is 5.32 Å². The van der Waals surface area contributed by atoms with Crippen molar-refractivity contribution in [2.45, 2.75) is 25.3 Å². The fourth-order valence-corrected chi connectivity index (χ4v) is 2.89. The monoisotopic (exact) mass is 440 g/mol. The average molecular weight is 440 g/mol. The van der Waals surface area contributed by atoms with E-state index in [4.69, 9.17) is 5.11 Å². The van der Waals surface area contributed by atoms with Crippen molar-refractivity contribution >= 4 is 23.6 Å². The molecule has 1 fully saturated rings. The van der Waals surface area contributed by atoms with Gasteiger partial charge in [0.25, 0.3) is 0 Å². The number of carbonyl (C=O) groups excluding carboxylic acids is 3. The van der Waals surface area contributed by atoms with E-state index in [9.17, 15) is 45.5 Å². The van der Waals surface area contributed by atoms with E-state index in [0.29, 0.717) is 0 Å². The number of aliphatic carboxylic acids is 1. The molecule has 0 bridgehead atoms. The van der Waals surface area contributed by atoms with Crippen LogP contribution in [0.4, 0.5) is 26.3 Å². The largest absolute Gasteiger partial charge is 0.480 e. The maximum atomic E-state index is 13.1. The molecular formula is C17H14F6N2O5. The molecule has 0 aromatic heterocycles. The van der Waals surface area contributed by atoms with Gasteiger partial charge in [0.1, 0.15) is 6.54 Å². The van der Waals surface area contributed by atoms with Crippen LogP contribution in [0.1, 0.15) is 23.1 Å². The van der Waals surface area contributed by atoms with Gasteiger partial charge in [-0.15, -0.1) is 0 Å². The quantitative estimate of drug-likeness (QED) is 0.537. The number of hydrogen-bond donors (Lipinski definition) is 2. The number of ketones is 1. The third-order valence-corrected chi connectivity index (χ3v) is 4.25. The Labute approximate surface area is 164 Å². The first-order chi connectivity index (χ1) is 13.7. The van der Waals surface area contributed by atoms with E-state index in [2.05, 4.69) is 0 Å². The summed E-state index contributed by atoms with van der Waals surface area (Å²) in [7, 11) is 0. The van der Waals surface area contributed by atoms with Gasteiger partial charge in [0.05, 0.1) is 11.1 Å². The van der Waals surface area contributed by atoms with E-state index >= 15 is 0 Å². The van der Waals surface area contributed by atoms with Crippen LogP contribution in [0.2, 0.25) is 0 Å². The highest BCUT2D eigenvalue weighted by Gasteiger charge is 2.44. The standard InChI is InChI=1S/C17H14F6N2O5/c18-16(19,20)9-2-1-8(5-10(9)17(21,22)23)7-25-4-3-11(26)13(15(25)30)14(29)24-6-12(27)28/h1-2,5,13H,3-4,6-7H2,(H,24,29)(H,27,28). The van der Waals surface area contributed by atoms with Gasteiger partial charge in [-0.2, -0.15) is 26.3 Å². The molecule has 0 radical (unpaired) electrons. The molecule has 7 nitrogen and oxygen atoms in total. The molecule has 1 heterocycles. The number of alkyl halides is 6. The number of Topliss-reactive ketones (excluding diaryl/α,β-unsaturated/α-hetero) is 1. The zero-order valence-corrected chi connectivity index (χ0v) is 14.9. The van der Waals surface area contributed by atoms with Gasteiger partial charge in [-0.1, -0.05) is 6.07 Å². The van der Waals surface area contributed by atoms with Gasteiger partial charge in [-0.3, -0.25) is 19.2 Å². The Morgan fingerprint density at radius 1 is 1.07 bits per heavy atom. The summed E-state index contributed by atoms with van der Waals surface area (Å²) in [4.78, 5) is 47.6. The Hall–Kier alpha value is -3.12. The van der Waals surface area contributed by atoms with E-state index in [1.165, 1.54) is 0 Å². The van der Waals surface area contributed by atoms with Crippen molar-refractivity contribution in [1.82, 2.24) is 10.2 Å². The summed E-state index contributed by atoms with van der Waals surface area (Å²) in [5.41, 5.74) is -4.10. The maximum Gasteiger partial charge on any atom is 0.417 e. The molecule has 2 rings (SSSR count). The molecule has 1 aromatic carbocycles. The number of nitrogens with one attached hydrogen (secondary N) is 1. The zero-order chi connectivity index (χ0) is 22.9. The Kier molecular flexibility index (Phi) is 6.42. The number of carbonyl (C=O) groups is 4. The molecule has 0 aliphatic carbocycles. The number of carboxylic acids is 1. The van der Waals surface area contributed by atoms with Gasteiger partial charge in [-0.05, 0) is 17.7 Å². The van der Waals surface area contributed by atoms with Crippen molar-refractivity contribution in [3.8, 4) is 0 Å². The van der Waals surface area contributed by atoms with Crippen molar-refractivity contribution in [2.24, 2.45) is 5.92 Å². The average Bonchev–Trinajstić information content (AvgIpc) is 2.60. The molecule has 1 aromatic rings. The number of carboxylic acid groups (broad SMARTS) is 1. The molecule has 30 heavy (non-hydrogen) atoms. The molecule has 2 N–H and O–H groups in total. The lowest BCUT2D eigenvalue weighted by Crippen LogP contribution is -2.52. The minimum atomic E-state index is -5.30. The van der Waals surface area contributed by atoms with Crippen LogP contribution in [0.3, 0.4) is 0 Å². The number of piperidine rings is 1. The van der Waals surface area contributed by atoms with Crippen molar-refractivity contribution in [1.29, 1.82) is 0 Å². The second kappa shape index (κ2) is 8.32. The van der Waals surface area contributed by atoms with Gasteiger partial charge in [0, 0.05) is 19.5 Å². The Morgan fingerprint density at radius 2 is 1.67 bits per heavy atom. The summed E-state index contributed by atoms with van der Waals surface area (Å²) >= 11 is 0. The number of benzene rings is 1. The topological polar surface area (TPSA) is 104 Å². The summed E-state index contributed by atoms with van der Waals surface area (Å²) < 4.78 is 77.7. The number of nitrogens with zero attached hydrogens (tertiary/aromatic N) is 1. The van der Waals surface area contributed by atoms with Crippen LogP contribution < -0.4 is 5.32 Å². The molecule has 13 heteroatoms. The van der Waals surface area contributed by atoms with Crippen molar-refractivity contribution in [3.05, 3.63) is 34.9 Å². The lowest BCUT2D eigenvalue weighted by atomic mass is 9.93. The third kappa shape index (κ3) is 5.27. The first-order valence-corrected chi connectivity index (χ1v) is 8.30. The Bertz CT molecular complexity index is 880. The molecule has 0 spiro atoms. The first-order valence-electron chi connectivity index (χ1n) is 8.30. The molecule has 1 aliphatic heterocycles. The number of hydrogen-bond acceptors (Lipinski definition) is 4. The summed E-state index contributed by atoms with van der Waals surface area (Å²) in [6.45, 7) is -1.69. The third-order valence-electron chi connectivity index (χ3n) is 4.25. The van der Waals surface area contributed by atoms with Crippen LogP contribution in [0.15, 0.2) is 18.2 Å². The van der Waals surface area contributed by atoms with Crippen molar-refractivity contribution in [2.75, 3.05) is 13.1 Å². The van der Waals surface area contributed by atoms with Crippen LogP contribution in [-0.4, -0.2) is 46.7 Å². The van der Waals surface area contributed by atoms with Gasteiger partial charge in [0.15, 0.2) is 11.7 Å². The van der Waals surface area contributed by atoms with Crippen LogP contribution in [0.25, 0.3) is 0 Å². The lowest BCUT2D eigenvalue weighted by Gasteiger charge is -2.31. The predicted octanol–water partition coefficient (Wildman–Crippen LogP) is 1.84. The molecule has 0 saturated carbocycles. The van der Waals surface area contributed by atoms with E-state index in [1.54, 1.807) is 0 Å². The molecular weight excluding hydrogens is 426 g/mol. The van der Waals surface area contributed by atoms with Crippen LogP contribution in [0, 0.1) is 5.92 Å². The van der Waals surface area contributed by atoms with Gasteiger partial charge < -0.3 is 15.3 Å². The van der Waals surface area contributed by atoms with Gasteiger partial charge >= 0.3 is 18.3 Å².